The summed E-state index contributed by atoms with van der Waals surface area (Å²) >= 11 is 1.23. The summed E-state index contributed by atoms with van der Waals surface area (Å²) in [6.07, 6.45) is -2.83. The topological polar surface area (TPSA) is 105 Å². The zero-order valence-electron chi connectivity index (χ0n) is 17.8. The van der Waals surface area contributed by atoms with E-state index in [4.69, 9.17) is 4.74 Å². The van der Waals surface area contributed by atoms with E-state index in [1.54, 1.807) is 12.1 Å². The van der Waals surface area contributed by atoms with Gasteiger partial charge in [-0.3, -0.25) is 9.59 Å². The maximum atomic E-state index is 12.9. The summed E-state index contributed by atoms with van der Waals surface area (Å²) in [4.78, 5) is 30.2. The third-order valence-corrected chi connectivity index (χ3v) is 5.56. The quantitative estimate of drug-likeness (QED) is 0.274. The molecule has 0 bridgehead atoms. The number of ether oxygens (including phenoxy) is 2. The first-order valence-corrected chi connectivity index (χ1v) is 10.8. The van der Waals surface area contributed by atoms with Gasteiger partial charge in [0.05, 0.1) is 18.2 Å². The maximum Gasteiger partial charge on any atom is 0.416 e. The molecule has 0 radical (unpaired) electrons. The van der Waals surface area contributed by atoms with E-state index in [0.29, 0.717) is 16.5 Å². The normalized spacial score (nSPS) is 11.0. The number of nitrogens with zero attached hydrogens (tertiary/aromatic N) is 2. The Morgan fingerprint density at radius 3 is 2.71 bits per heavy atom. The molecule has 2 aromatic carbocycles. The number of nitriles is 1. The van der Waals surface area contributed by atoms with Crippen molar-refractivity contribution in [3.63, 3.8) is 0 Å². The molecule has 0 saturated heterocycles. The van der Waals surface area contributed by atoms with Crippen LogP contribution in [0.25, 0.3) is 0 Å². The lowest BCUT2D eigenvalue weighted by Gasteiger charge is -2.11. The van der Waals surface area contributed by atoms with Crippen LogP contribution in [-0.4, -0.2) is 23.0 Å². The second kappa shape index (κ2) is 10.9. The number of benzene rings is 2. The smallest absolute Gasteiger partial charge is 0.416 e. The Morgan fingerprint density at radius 2 is 2.03 bits per heavy atom. The van der Waals surface area contributed by atoms with Gasteiger partial charge in [-0.25, -0.2) is 4.98 Å². The molecule has 1 heterocycles. The fraction of sp³-hybridized carbons (Fsp3) is 0.217. The Labute approximate surface area is 196 Å². The van der Waals surface area contributed by atoms with Crippen LogP contribution in [0.5, 0.6) is 11.5 Å². The predicted molar refractivity (Wildman–Crippen MR) is 117 cm³/mol. The van der Waals surface area contributed by atoms with Crippen molar-refractivity contribution < 1.29 is 27.4 Å². The monoisotopic (exact) mass is 489 g/mol. The Hall–Kier alpha value is -3.78. The molecule has 0 spiro atoms. The highest BCUT2D eigenvalue weighted by molar-refractivity contribution is 7.98. The molecule has 0 aliphatic carbocycles. The number of aromatic amines is 1. The van der Waals surface area contributed by atoms with Gasteiger partial charge in [0.15, 0.2) is 5.16 Å². The molecule has 1 N–H and O–H groups in total. The minimum atomic E-state index is -4.51. The van der Waals surface area contributed by atoms with Crippen molar-refractivity contribution in [3.05, 3.63) is 81.3 Å². The summed E-state index contributed by atoms with van der Waals surface area (Å²) in [5, 5.41) is 9.81. The number of carbonyl (C=O) groups is 1. The second-order valence-corrected chi connectivity index (χ2v) is 7.94. The molecule has 0 fully saturated rings. The minimum Gasteiger partial charge on any atom is -0.469 e. The average molecular weight is 489 g/mol. The van der Waals surface area contributed by atoms with Gasteiger partial charge in [0.2, 0.25) is 0 Å². The minimum absolute atomic E-state index is 0.0393. The lowest BCUT2D eigenvalue weighted by atomic mass is 10.1. The first-order valence-electron chi connectivity index (χ1n) is 9.85. The third-order valence-electron chi connectivity index (χ3n) is 4.61. The number of esters is 1. The van der Waals surface area contributed by atoms with Crippen molar-refractivity contribution in [1.82, 2.24) is 9.97 Å². The van der Waals surface area contributed by atoms with E-state index < -0.39 is 17.7 Å². The first kappa shape index (κ1) is 24.9. The van der Waals surface area contributed by atoms with E-state index in [1.807, 2.05) is 6.07 Å². The predicted octanol–water partition coefficient (Wildman–Crippen LogP) is 4.85. The number of methoxy groups -OCH3 is 1. The van der Waals surface area contributed by atoms with Gasteiger partial charge in [-0.1, -0.05) is 23.9 Å². The average Bonchev–Trinajstić information content (AvgIpc) is 2.82. The summed E-state index contributed by atoms with van der Waals surface area (Å²) in [7, 11) is 1.27. The van der Waals surface area contributed by atoms with Gasteiger partial charge in [0, 0.05) is 23.9 Å². The van der Waals surface area contributed by atoms with Crippen LogP contribution in [0.1, 0.15) is 28.7 Å². The number of alkyl halides is 3. The molecule has 7 nitrogen and oxygen atoms in total. The number of thioether (sulfide) groups is 1. The molecule has 0 atom stereocenters. The highest BCUT2D eigenvalue weighted by Gasteiger charge is 2.30. The summed E-state index contributed by atoms with van der Waals surface area (Å²) in [6.45, 7) is 0. The van der Waals surface area contributed by atoms with Crippen LogP contribution in [-0.2, 0) is 27.9 Å². The molecule has 3 rings (SSSR count). The van der Waals surface area contributed by atoms with Crippen molar-refractivity contribution in [2.24, 2.45) is 0 Å². The summed E-state index contributed by atoms with van der Waals surface area (Å²) in [5.74, 6) is 0.0226. The maximum absolute atomic E-state index is 12.9. The Morgan fingerprint density at radius 1 is 1.24 bits per heavy atom. The van der Waals surface area contributed by atoms with Gasteiger partial charge in [0.25, 0.3) is 5.56 Å². The van der Waals surface area contributed by atoms with Crippen LogP contribution in [0.15, 0.2) is 58.6 Å². The zero-order valence-corrected chi connectivity index (χ0v) is 18.6. The van der Waals surface area contributed by atoms with Gasteiger partial charge in [0.1, 0.15) is 17.6 Å². The van der Waals surface area contributed by atoms with Crippen LogP contribution in [0, 0.1) is 11.3 Å². The van der Waals surface area contributed by atoms with Gasteiger partial charge < -0.3 is 14.5 Å². The van der Waals surface area contributed by atoms with Crippen LogP contribution in [0.4, 0.5) is 13.2 Å². The van der Waals surface area contributed by atoms with E-state index in [2.05, 4.69) is 14.7 Å². The summed E-state index contributed by atoms with van der Waals surface area (Å²) < 4.78 is 48.8. The zero-order chi connectivity index (χ0) is 24.7. The van der Waals surface area contributed by atoms with E-state index in [-0.39, 0.29) is 35.5 Å². The van der Waals surface area contributed by atoms with E-state index in [1.165, 1.54) is 43.3 Å². The number of aryl methyl sites for hydroxylation is 1. The molecule has 0 amide bonds. The SMILES string of the molecule is COC(=O)CCc1cnc(SCc2ccc(Oc3cccc(C(F)(F)F)c3)c(C#N)c2)[nH]c1=O. The summed E-state index contributed by atoms with van der Waals surface area (Å²) in [5.41, 5.74) is 0.0152. The molecule has 0 unspecified atom stereocenters. The Kier molecular flexibility index (Phi) is 7.96. The van der Waals surface area contributed by atoms with Crippen LogP contribution in [0.3, 0.4) is 0 Å². The number of hydrogen-bond acceptors (Lipinski definition) is 7. The highest BCUT2D eigenvalue weighted by atomic mass is 32.2. The van der Waals surface area contributed by atoms with Crippen molar-refractivity contribution >= 4 is 17.7 Å². The third kappa shape index (κ3) is 6.62. The standard InChI is InChI=1S/C23H18F3N3O4S/c1-32-20(30)8-6-15-12-28-22(29-21(15)31)34-13-14-5-7-19(16(9-14)11-27)33-18-4-2-3-17(10-18)23(24,25)26/h2-5,7,9-10,12H,6,8,13H2,1H3,(H,28,29,31). The van der Waals surface area contributed by atoms with Crippen molar-refractivity contribution in [1.29, 1.82) is 5.26 Å². The first-order chi connectivity index (χ1) is 16.2. The molecule has 0 aliphatic rings. The molecule has 11 heteroatoms. The van der Waals surface area contributed by atoms with E-state index >= 15 is 0 Å². The number of carbonyl (C=O) groups excluding carboxylic acids is 1. The highest BCUT2D eigenvalue weighted by Crippen LogP contribution is 2.34. The van der Waals surface area contributed by atoms with Crippen LogP contribution >= 0.6 is 11.8 Å². The fourth-order valence-corrected chi connectivity index (χ4v) is 3.63. The molecular formula is C23H18F3N3O4S. The number of rotatable bonds is 8. The Balaban J connectivity index is 1.67. The van der Waals surface area contributed by atoms with Crippen molar-refractivity contribution in [2.75, 3.05) is 7.11 Å². The van der Waals surface area contributed by atoms with Crippen LogP contribution < -0.4 is 10.3 Å². The summed E-state index contributed by atoms with van der Waals surface area (Å²) in [6, 6.07) is 11.1. The second-order valence-electron chi connectivity index (χ2n) is 6.98. The molecule has 34 heavy (non-hydrogen) atoms. The molecule has 0 aliphatic heterocycles. The largest absolute Gasteiger partial charge is 0.469 e. The van der Waals surface area contributed by atoms with Gasteiger partial charge in [-0.15, -0.1) is 0 Å². The van der Waals surface area contributed by atoms with E-state index in [9.17, 15) is 28.0 Å². The number of nitrogens with one attached hydrogen (secondary N) is 1. The van der Waals surface area contributed by atoms with Crippen molar-refractivity contribution in [2.45, 2.75) is 29.9 Å². The molecule has 1 aromatic heterocycles. The van der Waals surface area contributed by atoms with Crippen LogP contribution in [0.2, 0.25) is 0 Å². The fourth-order valence-electron chi connectivity index (χ4n) is 2.85. The van der Waals surface area contributed by atoms with Gasteiger partial charge >= 0.3 is 12.1 Å². The van der Waals surface area contributed by atoms with E-state index in [0.717, 1.165) is 17.7 Å². The van der Waals surface area contributed by atoms with Gasteiger partial charge in [-0.2, -0.15) is 18.4 Å². The molecule has 3 aromatic rings. The molecule has 0 saturated carbocycles. The number of aromatic nitrogens is 2. The molecule has 176 valence electrons. The lowest BCUT2D eigenvalue weighted by molar-refractivity contribution is -0.140. The molecular weight excluding hydrogens is 471 g/mol. The number of H-pyrrole nitrogens is 1. The van der Waals surface area contributed by atoms with Crippen molar-refractivity contribution in [3.8, 4) is 17.6 Å². The Bertz CT molecular complexity index is 1290. The lowest BCUT2D eigenvalue weighted by Crippen LogP contribution is -2.16. The number of hydrogen-bond donors (Lipinski definition) is 1. The van der Waals surface area contributed by atoms with Gasteiger partial charge in [-0.05, 0) is 42.3 Å². The number of halogens is 3.